The largest absolute Gasteiger partial charge is 0.481 e. The quantitative estimate of drug-likeness (QED) is 0.393. The Morgan fingerprint density at radius 3 is 2.48 bits per heavy atom. The molecule has 0 aliphatic carbocycles. The third-order valence-electron chi connectivity index (χ3n) is 2.83. The number of nitrogens with one attached hydrogen (secondary N) is 2. The van der Waals surface area contributed by atoms with E-state index in [0.717, 1.165) is 0 Å². The maximum atomic E-state index is 12.4. The SMILES string of the molecule is CC(C)(C)OC(=O)Nc1cccc(Cl)c1C(=O)NCCSSCCC(=O)O. The predicted molar refractivity (Wildman–Crippen MR) is 111 cm³/mol. The Hall–Kier alpha value is -1.58. The summed E-state index contributed by atoms with van der Waals surface area (Å²) in [6.45, 7) is 5.60. The van der Waals surface area contributed by atoms with Crippen LogP contribution in [0.4, 0.5) is 10.5 Å². The summed E-state index contributed by atoms with van der Waals surface area (Å²) >= 11 is 6.13. The highest BCUT2D eigenvalue weighted by Crippen LogP contribution is 2.25. The van der Waals surface area contributed by atoms with Gasteiger partial charge in [-0.2, -0.15) is 0 Å². The highest BCUT2D eigenvalue weighted by Gasteiger charge is 2.20. The van der Waals surface area contributed by atoms with Crippen LogP contribution < -0.4 is 10.6 Å². The Morgan fingerprint density at radius 1 is 1.19 bits per heavy atom. The molecule has 0 fully saturated rings. The molecule has 0 saturated heterocycles. The molecule has 7 nitrogen and oxygen atoms in total. The zero-order valence-corrected chi connectivity index (χ0v) is 17.7. The molecule has 2 amide bonds. The molecule has 0 spiro atoms. The number of aliphatic carboxylic acids is 1. The second kappa shape index (κ2) is 11.3. The molecule has 0 atom stereocenters. The van der Waals surface area contributed by atoms with Crippen LogP contribution in [-0.2, 0) is 9.53 Å². The van der Waals surface area contributed by atoms with Crippen LogP contribution in [0.3, 0.4) is 0 Å². The van der Waals surface area contributed by atoms with E-state index in [1.54, 1.807) is 39.0 Å². The molecular weight excluding hydrogens is 412 g/mol. The van der Waals surface area contributed by atoms with Gasteiger partial charge in [-0.3, -0.25) is 14.9 Å². The Kier molecular flexibility index (Phi) is 9.82. The molecule has 3 N–H and O–H groups in total. The third-order valence-corrected chi connectivity index (χ3v) is 5.55. The van der Waals surface area contributed by atoms with E-state index in [1.165, 1.54) is 21.6 Å². The molecule has 0 unspecified atom stereocenters. The van der Waals surface area contributed by atoms with E-state index in [2.05, 4.69) is 10.6 Å². The molecule has 0 radical (unpaired) electrons. The average Bonchev–Trinajstić information content (AvgIpc) is 2.51. The van der Waals surface area contributed by atoms with E-state index in [9.17, 15) is 14.4 Å². The van der Waals surface area contributed by atoms with Gasteiger partial charge in [-0.1, -0.05) is 39.3 Å². The molecule has 27 heavy (non-hydrogen) atoms. The number of carbonyl (C=O) groups is 3. The van der Waals surface area contributed by atoms with Crippen molar-refractivity contribution >= 4 is 56.8 Å². The van der Waals surface area contributed by atoms with Crippen LogP contribution in [-0.4, -0.2) is 46.7 Å². The predicted octanol–water partition coefficient (Wildman–Crippen LogP) is 4.27. The van der Waals surface area contributed by atoms with Crippen LogP contribution in [0.15, 0.2) is 18.2 Å². The minimum atomic E-state index is -0.833. The molecule has 0 heterocycles. The topological polar surface area (TPSA) is 105 Å². The van der Waals surface area contributed by atoms with Crippen molar-refractivity contribution in [2.45, 2.75) is 32.8 Å². The molecule has 0 saturated carbocycles. The first-order chi connectivity index (χ1) is 12.6. The first-order valence-corrected chi connectivity index (χ1v) is 11.0. The maximum Gasteiger partial charge on any atom is 0.412 e. The van der Waals surface area contributed by atoms with Crippen LogP contribution in [0.25, 0.3) is 0 Å². The second-order valence-electron chi connectivity index (χ2n) is 6.33. The summed E-state index contributed by atoms with van der Waals surface area (Å²) < 4.78 is 5.20. The van der Waals surface area contributed by atoms with Crippen molar-refractivity contribution in [2.24, 2.45) is 0 Å². The van der Waals surface area contributed by atoms with Gasteiger partial charge in [0.2, 0.25) is 0 Å². The van der Waals surface area contributed by atoms with Gasteiger partial charge in [-0.25, -0.2) is 4.79 Å². The molecule has 1 aromatic rings. The number of carbonyl (C=O) groups excluding carboxylic acids is 2. The summed E-state index contributed by atoms with van der Waals surface area (Å²) in [6.07, 6.45) is -0.576. The van der Waals surface area contributed by atoms with Gasteiger partial charge in [0.05, 0.1) is 22.7 Å². The van der Waals surface area contributed by atoms with Gasteiger partial charge >= 0.3 is 12.1 Å². The molecule has 0 bridgehead atoms. The van der Waals surface area contributed by atoms with Crippen LogP contribution in [0, 0.1) is 0 Å². The molecule has 0 aliphatic heterocycles. The van der Waals surface area contributed by atoms with Crippen molar-refractivity contribution in [3.8, 4) is 0 Å². The smallest absolute Gasteiger partial charge is 0.412 e. The monoisotopic (exact) mass is 434 g/mol. The summed E-state index contributed by atoms with van der Waals surface area (Å²) in [5.74, 6) is -0.138. The molecule has 10 heteroatoms. The lowest BCUT2D eigenvalue weighted by Gasteiger charge is -2.20. The van der Waals surface area contributed by atoms with Crippen molar-refractivity contribution in [3.05, 3.63) is 28.8 Å². The average molecular weight is 435 g/mol. The fourth-order valence-corrected chi connectivity index (χ4v) is 3.96. The van der Waals surface area contributed by atoms with Gasteiger partial charge in [-0.05, 0) is 32.9 Å². The van der Waals surface area contributed by atoms with Crippen molar-refractivity contribution < 1.29 is 24.2 Å². The number of hydrogen-bond acceptors (Lipinski definition) is 6. The van der Waals surface area contributed by atoms with Gasteiger partial charge < -0.3 is 15.2 Å². The molecule has 150 valence electrons. The third kappa shape index (κ3) is 9.78. The lowest BCUT2D eigenvalue weighted by atomic mass is 10.1. The summed E-state index contributed by atoms with van der Waals surface area (Å²) in [6, 6.07) is 4.76. The lowest BCUT2D eigenvalue weighted by molar-refractivity contribution is -0.136. The Bertz CT molecular complexity index is 680. The van der Waals surface area contributed by atoms with Crippen molar-refractivity contribution in [1.82, 2.24) is 5.32 Å². The number of ether oxygens (including phenoxy) is 1. The summed E-state index contributed by atoms with van der Waals surface area (Å²) in [5.41, 5.74) is -0.244. The van der Waals surface area contributed by atoms with E-state index >= 15 is 0 Å². The number of amides is 2. The van der Waals surface area contributed by atoms with Crippen LogP contribution in [0.1, 0.15) is 37.6 Å². The van der Waals surface area contributed by atoms with Gasteiger partial charge in [0.1, 0.15) is 5.60 Å². The Labute approximate surface area is 171 Å². The molecule has 0 aromatic heterocycles. The Morgan fingerprint density at radius 2 is 1.85 bits per heavy atom. The van der Waals surface area contributed by atoms with E-state index in [4.69, 9.17) is 21.4 Å². The number of rotatable bonds is 9. The number of hydrogen-bond donors (Lipinski definition) is 3. The van der Waals surface area contributed by atoms with Gasteiger partial charge in [0.25, 0.3) is 5.91 Å². The zero-order valence-electron chi connectivity index (χ0n) is 15.3. The minimum absolute atomic E-state index is 0.101. The van der Waals surface area contributed by atoms with Gasteiger partial charge in [-0.15, -0.1) is 0 Å². The number of carboxylic acids is 1. The molecule has 1 rings (SSSR count). The van der Waals surface area contributed by atoms with Crippen molar-refractivity contribution in [2.75, 3.05) is 23.4 Å². The summed E-state index contributed by atoms with van der Waals surface area (Å²) in [4.78, 5) is 34.8. The molecule has 1 aromatic carbocycles. The van der Waals surface area contributed by atoms with Crippen LogP contribution in [0.2, 0.25) is 5.02 Å². The lowest BCUT2D eigenvalue weighted by Crippen LogP contribution is -2.30. The normalized spacial score (nSPS) is 11.0. The molecular formula is C17H23ClN2O5S2. The Balaban J connectivity index is 2.58. The number of anilines is 1. The first-order valence-electron chi connectivity index (χ1n) is 8.13. The van der Waals surface area contributed by atoms with Gasteiger partial charge in [0.15, 0.2) is 0 Å². The summed E-state index contributed by atoms with van der Waals surface area (Å²) in [5, 5.41) is 14.1. The highest BCUT2D eigenvalue weighted by atomic mass is 35.5. The number of benzene rings is 1. The van der Waals surface area contributed by atoms with Crippen molar-refractivity contribution in [3.63, 3.8) is 0 Å². The number of halogens is 1. The zero-order chi connectivity index (χ0) is 20.4. The van der Waals surface area contributed by atoms with Crippen LogP contribution >= 0.6 is 33.2 Å². The van der Waals surface area contributed by atoms with E-state index in [0.29, 0.717) is 18.1 Å². The van der Waals surface area contributed by atoms with Crippen molar-refractivity contribution in [1.29, 1.82) is 0 Å². The highest BCUT2D eigenvalue weighted by molar-refractivity contribution is 8.76. The molecule has 0 aliphatic rings. The number of carboxylic acid groups (broad SMARTS) is 1. The summed E-state index contributed by atoms with van der Waals surface area (Å²) in [7, 11) is 2.91. The van der Waals surface area contributed by atoms with E-state index < -0.39 is 23.6 Å². The van der Waals surface area contributed by atoms with E-state index in [1.807, 2.05) is 0 Å². The fraction of sp³-hybridized carbons (Fsp3) is 0.471. The van der Waals surface area contributed by atoms with E-state index in [-0.39, 0.29) is 22.7 Å². The fourth-order valence-electron chi connectivity index (χ4n) is 1.81. The van der Waals surface area contributed by atoms with Crippen LogP contribution in [0.5, 0.6) is 0 Å². The standard InChI is InChI=1S/C17H23ClN2O5S2/c1-17(2,3)25-16(24)20-12-6-4-5-11(18)14(12)15(23)19-8-10-27-26-9-7-13(21)22/h4-6H,7-10H2,1-3H3,(H,19,23)(H,20,24)(H,21,22). The van der Waals surface area contributed by atoms with Gasteiger partial charge in [0, 0.05) is 18.1 Å². The maximum absolute atomic E-state index is 12.4. The minimum Gasteiger partial charge on any atom is -0.481 e. The first kappa shape index (κ1) is 23.5. The second-order valence-corrected chi connectivity index (χ2v) is 9.44.